The van der Waals surface area contributed by atoms with Gasteiger partial charge in [-0.2, -0.15) is 0 Å². The number of carbonyl (C=O) groups is 1. The van der Waals surface area contributed by atoms with E-state index < -0.39 is 30.0 Å². The largest absolute Gasteiger partial charge is 0.494 e. The van der Waals surface area contributed by atoms with Gasteiger partial charge in [-0.25, -0.2) is 4.79 Å². The van der Waals surface area contributed by atoms with Gasteiger partial charge in [0.05, 0.1) is 22.9 Å². The van der Waals surface area contributed by atoms with Crippen molar-refractivity contribution < 1.29 is 18.8 Å². The van der Waals surface area contributed by atoms with Crippen molar-refractivity contribution in [1.29, 1.82) is 0 Å². The molecule has 0 spiro atoms. The highest BCUT2D eigenvalue weighted by atomic mass is 16.7. The summed E-state index contributed by atoms with van der Waals surface area (Å²) in [6, 6.07) is 7.41. The van der Waals surface area contributed by atoms with Gasteiger partial charge in [0.15, 0.2) is 0 Å². The summed E-state index contributed by atoms with van der Waals surface area (Å²) >= 11 is 0. The normalized spacial score (nSPS) is 19.0. The maximum absolute atomic E-state index is 12.0. The summed E-state index contributed by atoms with van der Waals surface area (Å²) in [5.41, 5.74) is 7.53. The fraction of sp³-hybridized carbons (Fsp3) is 0.522. The maximum atomic E-state index is 12.0. The third-order valence-electron chi connectivity index (χ3n) is 5.46. The van der Waals surface area contributed by atoms with E-state index in [2.05, 4.69) is 17.2 Å². The topological polar surface area (TPSA) is 94.8 Å². The second-order valence-corrected chi connectivity index (χ2v) is 9.81. The zero-order valence-electron chi connectivity index (χ0n) is 20.0. The molecule has 1 saturated heterocycles. The number of nitrogens with one attached hydrogen (secondary N) is 2. The molecule has 0 bridgehead atoms. The molecule has 1 aromatic rings. The van der Waals surface area contributed by atoms with Gasteiger partial charge in [-0.1, -0.05) is 30.8 Å². The first-order valence-electron chi connectivity index (χ1n) is 10.5. The molecule has 1 aromatic carbocycles. The molecule has 2 rings (SSSR count). The number of amides is 1. The fourth-order valence-electron chi connectivity index (χ4n) is 2.86. The molecule has 1 aliphatic heterocycles. The second-order valence-electron chi connectivity index (χ2n) is 9.81. The average Bonchev–Trinajstić information content (AvgIpc) is 2.85. The van der Waals surface area contributed by atoms with Crippen LogP contribution in [0.2, 0.25) is 0 Å². The average molecular weight is 429 g/mol. The molecule has 1 heterocycles. The van der Waals surface area contributed by atoms with Crippen molar-refractivity contribution in [2.24, 2.45) is 5.73 Å². The minimum Gasteiger partial charge on any atom is -0.444 e. The second kappa shape index (κ2) is 8.97. The maximum Gasteiger partial charge on any atom is 0.494 e. The van der Waals surface area contributed by atoms with Gasteiger partial charge in [-0.3, -0.25) is 0 Å². The first kappa shape index (κ1) is 24.8. The number of alkyl carbamates (subject to hydrolysis) is 1. The minimum absolute atomic E-state index is 0.367. The smallest absolute Gasteiger partial charge is 0.444 e. The Morgan fingerprint density at radius 2 is 1.68 bits per heavy atom. The highest BCUT2D eigenvalue weighted by Gasteiger charge is 2.51. The SMILES string of the molecule is C=C(N/C(=C\N)c1ccc(B2OC(C)(C)C(C)(C)O2)cc1)[C@H](C)NC(=O)OC(C)(C)C. The first-order valence-corrected chi connectivity index (χ1v) is 10.5. The van der Waals surface area contributed by atoms with Crippen molar-refractivity contribution in [1.82, 2.24) is 10.6 Å². The van der Waals surface area contributed by atoms with Gasteiger partial charge < -0.3 is 30.4 Å². The predicted octanol–water partition coefficient (Wildman–Crippen LogP) is 3.26. The van der Waals surface area contributed by atoms with Crippen molar-refractivity contribution in [2.75, 3.05) is 0 Å². The van der Waals surface area contributed by atoms with Crippen LogP contribution in [0.1, 0.15) is 61.0 Å². The lowest BCUT2D eigenvalue weighted by Crippen LogP contribution is -2.41. The van der Waals surface area contributed by atoms with Crippen molar-refractivity contribution in [3.8, 4) is 0 Å². The van der Waals surface area contributed by atoms with Crippen molar-refractivity contribution >= 4 is 24.4 Å². The van der Waals surface area contributed by atoms with E-state index in [1.807, 2.05) is 79.7 Å². The van der Waals surface area contributed by atoms with Gasteiger partial charge >= 0.3 is 13.2 Å². The highest BCUT2D eigenvalue weighted by molar-refractivity contribution is 6.62. The Kier molecular flexibility index (Phi) is 7.18. The van der Waals surface area contributed by atoms with Gasteiger partial charge in [0.1, 0.15) is 5.60 Å². The van der Waals surface area contributed by atoms with Crippen molar-refractivity contribution in [2.45, 2.75) is 78.2 Å². The zero-order chi connectivity index (χ0) is 23.6. The van der Waals surface area contributed by atoms with Gasteiger partial charge in [-0.15, -0.1) is 0 Å². The van der Waals surface area contributed by atoms with E-state index in [9.17, 15) is 4.79 Å². The van der Waals surface area contributed by atoms with E-state index in [4.69, 9.17) is 19.8 Å². The standard InChI is InChI=1S/C23H36BN3O4/c1-15(16(2)27-20(28)29-21(3,4)5)26-19(14-25)17-10-12-18(13-11-17)24-30-22(6,7)23(8,9)31-24/h10-14,16,26H,1,25H2,2-9H3,(H,27,28)/b19-14-/t16-/m0/s1. The molecule has 0 aromatic heterocycles. The molecular formula is C23H36BN3O4. The van der Waals surface area contributed by atoms with E-state index >= 15 is 0 Å². The van der Waals surface area contributed by atoms with Crippen LogP contribution < -0.4 is 21.8 Å². The Bertz CT molecular complexity index is 825. The molecule has 1 aliphatic rings. The third kappa shape index (κ3) is 6.27. The molecular weight excluding hydrogens is 393 g/mol. The fourth-order valence-corrected chi connectivity index (χ4v) is 2.86. The minimum atomic E-state index is -0.570. The molecule has 4 N–H and O–H groups in total. The van der Waals surface area contributed by atoms with Gasteiger partial charge in [0.25, 0.3) is 0 Å². The Hall–Kier alpha value is -2.45. The van der Waals surface area contributed by atoms with E-state index in [0.29, 0.717) is 11.4 Å². The van der Waals surface area contributed by atoms with Gasteiger partial charge in [0.2, 0.25) is 0 Å². The van der Waals surface area contributed by atoms with Crippen LogP contribution in [0.3, 0.4) is 0 Å². The van der Waals surface area contributed by atoms with Crippen LogP contribution in [-0.4, -0.2) is 36.1 Å². The number of hydrogen-bond donors (Lipinski definition) is 3. The predicted molar refractivity (Wildman–Crippen MR) is 125 cm³/mol. The molecule has 0 saturated carbocycles. The van der Waals surface area contributed by atoms with Crippen LogP contribution in [0.25, 0.3) is 5.70 Å². The molecule has 170 valence electrons. The first-order chi connectivity index (χ1) is 14.1. The molecule has 1 fully saturated rings. The molecule has 1 atom stereocenters. The van der Waals surface area contributed by atoms with E-state index in [-0.39, 0.29) is 6.04 Å². The lowest BCUT2D eigenvalue weighted by Gasteiger charge is -2.32. The van der Waals surface area contributed by atoms with Gasteiger partial charge in [-0.05, 0) is 66.4 Å². The summed E-state index contributed by atoms with van der Waals surface area (Å²) in [7, 11) is -0.426. The van der Waals surface area contributed by atoms with E-state index in [1.54, 1.807) is 0 Å². The summed E-state index contributed by atoms with van der Waals surface area (Å²) in [5.74, 6) is 0. The Balaban J connectivity index is 2.02. The number of nitrogens with two attached hydrogens (primary N) is 1. The summed E-state index contributed by atoms with van der Waals surface area (Å²) in [5, 5.41) is 5.93. The summed E-state index contributed by atoms with van der Waals surface area (Å²) in [4.78, 5) is 12.0. The lowest BCUT2D eigenvalue weighted by molar-refractivity contribution is 0.00578. The number of rotatable bonds is 6. The van der Waals surface area contributed by atoms with Crippen LogP contribution in [0.15, 0.2) is 42.7 Å². The summed E-state index contributed by atoms with van der Waals surface area (Å²) in [6.07, 6.45) is 0.961. The summed E-state index contributed by atoms with van der Waals surface area (Å²) < 4.78 is 17.5. The van der Waals surface area contributed by atoms with E-state index in [0.717, 1.165) is 11.0 Å². The number of benzene rings is 1. The zero-order valence-corrected chi connectivity index (χ0v) is 20.0. The van der Waals surface area contributed by atoms with Gasteiger partial charge in [0, 0.05) is 11.9 Å². The monoisotopic (exact) mass is 429 g/mol. The van der Waals surface area contributed by atoms with Crippen LogP contribution in [0.5, 0.6) is 0 Å². The van der Waals surface area contributed by atoms with Crippen molar-refractivity contribution in [3.63, 3.8) is 0 Å². The number of hydrogen-bond acceptors (Lipinski definition) is 6. The molecule has 0 radical (unpaired) electrons. The number of carbonyl (C=O) groups excluding carboxylic acids is 1. The van der Waals surface area contributed by atoms with Crippen LogP contribution in [-0.2, 0) is 14.0 Å². The molecule has 0 unspecified atom stereocenters. The third-order valence-corrected chi connectivity index (χ3v) is 5.46. The molecule has 1 amide bonds. The van der Waals surface area contributed by atoms with Crippen LogP contribution in [0.4, 0.5) is 4.79 Å². The quantitative estimate of drug-likeness (QED) is 0.601. The number of ether oxygens (including phenoxy) is 1. The molecule has 0 aliphatic carbocycles. The molecule has 31 heavy (non-hydrogen) atoms. The highest BCUT2D eigenvalue weighted by Crippen LogP contribution is 2.36. The molecule has 8 heteroatoms. The Morgan fingerprint density at radius 3 is 2.13 bits per heavy atom. The molecule has 7 nitrogen and oxygen atoms in total. The lowest BCUT2D eigenvalue weighted by atomic mass is 9.79. The van der Waals surface area contributed by atoms with E-state index in [1.165, 1.54) is 6.20 Å². The Labute approximate surface area is 186 Å². The van der Waals surface area contributed by atoms with Crippen LogP contribution >= 0.6 is 0 Å². The Morgan fingerprint density at radius 1 is 1.16 bits per heavy atom. The summed E-state index contributed by atoms with van der Waals surface area (Å²) in [6.45, 7) is 19.4. The van der Waals surface area contributed by atoms with Crippen molar-refractivity contribution in [3.05, 3.63) is 48.3 Å². The van der Waals surface area contributed by atoms with Crippen LogP contribution in [0, 0.1) is 0 Å².